The summed E-state index contributed by atoms with van der Waals surface area (Å²) >= 11 is 6.39. The average molecular weight is 428 g/mol. The lowest BCUT2D eigenvalue weighted by atomic mass is 9.94. The number of hydrogen-bond acceptors (Lipinski definition) is 3. The van der Waals surface area contributed by atoms with Gasteiger partial charge in [0.25, 0.3) is 5.91 Å². The molecule has 0 unspecified atom stereocenters. The van der Waals surface area contributed by atoms with Crippen molar-refractivity contribution in [3.63, 3.8) is 0 Å². The van der Waals surface area contributed by atoms with Crippen LogP contribution in [0.1, 0.15) is 61.7 Å². The van der Waals surface area contributed by atoms with Crippen LogP contribution in [0, 0.1) is 11.8 Å². The fourth-order valence-corrected chi connectivity index (χ4v) is 4.75. The molecule has 2 saturated carbocycles. The number of nitrogens with one attached hydrogen (secondary N) is 1. The summed E-state index contributed by atoms with van der Waals surface area (Å²) in [6.07, 6.45) is 8.63. The van der Waals surface area contributed by atoms with Crippen LogP contribution in [0.2, 0.25) is 5.02 Å². The molecule has 2 atom stereocenters. The van der Waals surface area contributed by atoms with Gasteiger partial charge < -0.3 is 16.0 Å². The largest absolute Gasteiger partial charge is 0.339 e. The molecular formula is C21H31Cl2N3O2. The van der Waals surface area contributed by atoms with E-state index in [0.29, 0.717) is 22.8 Å². The Hall–Kier alpha value is -1.30. The Bertz CT molecular complexity index is 692. The number of carbonyl (C=O) groups excluding carboxylic acids is 2. The molecule has 0 heterocycles. The molecule has 3 rings (SSSR count). The molecule has 7 heteroatoms. The number of benzene rings is 1. The standard InChI is InChI=1S/C21H30ClN3O2.ClH/c1-25(16-7-3-2-4-8-16)21(27)18-11-10-15(12-19(18)22)24-20(26)17-9-5-6-14(17)13-23;/h10-12,14,16-17H,2-9,13,23H2,1H3,(H,24,26);1H/t14-,17-;/m1./s1. The van der Waals surface area contributed by atoms with Gasteiger partial charge in [-0.15, -0.1) is 12.4 Å². The van der Waals surface area contributed by atoms with Crippen LogP contribution < -0.4 is 11.1 Å². The number of carbonyl (C=O) groups is 2. The predicted molar refractivity (Wildman–Crippen MR) is 116 cm³/mol. The zero-order valence-electron chi connectivity index (χ0n) is 16.5. The molecule has 1 aromatic rings. The van der Waals surface area contributed by atoms with E-state index in [0.717, 1.165) is 32.1 Å². The van der Waals surface area contributed by atoms with Crippen molar-refractivity contribution in [2.45, 2.75) is 57.4 Å². The van der Waals surface area contributed by atoms with Gasteiger partial charge >= 0.3 is 0 Å². The number of anilines is 1. The summed E-state index contributed by atoms with van der Waals surface area (Å²) < 4.78 is 0. The number of hydrogen-bond donors (Lipinski definition) is 2. The molecule has 1 aromatic carbocycles. The third-order valence-electron chi connectivity index (χ3n) is 6.21. The molecule has 156 valence electrons. The van der Waals surface area contributed by atoms with E-state index < -0.39 is 0 Å². The summed E-state index contributed by atoms with van der Waals surface area (Å²) in [5.41, 5.74) is 6.90. The summed E-state index contributed by atoms with van der Waals surface area (Å²) in [6, 6.07) is 5.44. The summed E-state index contributed by atoms with van der Waals surface area (Å²) in [5.74, 6) is 0.166. The minimum absolute atomic E-state index is 0. The Balaban J connectivity index is 0.00000280. The third-order valence-corrected chi connectivity index (χ3v) is 6.52. The second kappa shape index (κ2) is 10.5. The highest BCUT2D eigenvalue weighted by Gasteiger charge is 2.32. The van der Waals surface area contributed by atoms with Crippen molar-refractivity contribution >= 4 is 41.5 Å². The van der Waals surface area contributed by atoms with E-state index in [1.165, 1.54) is 19.3 Å². The van der Waals surface area contributed by atoms with Gasteiger partial charge in [-0.05, 0) is 56.3 Å². The first-order valence-corrected chi connectivity index (χ1v) is 10.5. The van der Waals surface area contributed by atoms with Gasteiger partial charge in [0, 0.05) is 24.7 Å². The molecule has 0 aromatic heterocycles. The topological polar surface area (TPSA) is 75.4 Å². The van der Waals surface area contributed by atoms with Gasteiger partial charge in [-0.2, -0.15) is 0 Å². The lowest BCUT2D eigenvalue weighted by Gasteiger charge is -2.31. The van der Waals surface area contributed by atoms with E-state index in [4.69, 9.17) is 17.3 Å². The molecule has 2 aliphatic carbocycles. The summed E-state index contributed by atoms with van der Waals surface area (Å²) in [4.78, 5) is 27.2. The van der Waals surface area contributed by atoms with Gasteiger partial charge in [0.15, 0.2) is 0 Å². The molecule has 0 spiro atoms. The number of nitrogens with two attached hydrogens (primary N) is 1. The molecule has 2 aliphatic rings. The Morgan fingerprint density at radius 1 is 1.14 bits per heavy atom. The number of rotatable bonds is 5. The molecule has 2 fully saturated rings. The molecule has 0 aliphatic heterocycles. The van der Waals surface area contributed by atoms with Crippen molar-refractivity contribution in [3.8, 4) is 0 Å². The van der Waals surface area contributed by atoms with Crippen LogP contribution in [-0.2, 0) is 4.79 Å². The van der Waals surface area contributed by atoms with Crippen molar-refractivity contribution in [1.82, 2.24) is 4.90 Å². The predicted octanol–water partition coefficient (Wildman–Crippen LogP) is 4.48. The zero-order chi connectivity index (χ0) is 19.4. The maximum Gasteiger partial charge on any atom is 0.255 e. The first-order chi connectivity index (χ1) is 13.0. The van der Waals surface area contributed by atoms with Crippen molar-refractivity contribution in [2.75, 3.05) is 18.9 Å². The monoisotopic (exact) mass is 427 g/mol. The molecule has 0 bridgehead atoms. The van der Waals surface area contributed by atoms with Crippen LogP contribution in [0.3, 0.4) is 0 Å². The lowest BCUT2D eigenvalue weighted by molar-refractivity contribution is -0.120. The second-order valence-electron chi connectivity index (χ2n) is 7.92. The van der Waals surface area contributed by atoms with Crippen LogP contribution in [-0.4, -0.2) is 36.3 Å². The zero-order valence-corrected chi connectivity index (χ0v) is 18.0. The van der Waals surface area contributed by atoms with E-state index in [1.54, 1.807) is 18.2 Å². The molecule has 3 N–H and O–H groups in total. The quantitative estimate of drug-likeness (QED) is 0.726. The van der Waals surface area contributed by atoms with Crippen LogP contribution in [0.4, 0.5) is 5.69 Å². The number of nitrogens with zero attached hydrogens (tertiary/aromatic N) is 1. The highest BCUT2D eigenvalue weighted by Crippen LogP contribution is 2.32. The van der Waals surface area contributed by atoms with Crippen molar-refractivity contribution in [3.05, 3.63) is 28.8 Å². The maximum atomic E-state index is 12.8. The minimum atomic E-state index is -0.0521. The fraction of sp³-hybridized carbons (Fsp3) is 0.619. The van der Waals surface area contributed by atoms with Gasteiger partial charge in [-0.25, -0.2) is 0 Å². The van der Waals surface area contributed by atoms with Crippen LogP contribution >= 0.6 is 24.0 Å². The second-order valence-corrected chi connectivity index (χ2v) is 8.33. The maximum absolute atomic E-state index is 12.8. The summed E-state index contributed by atoms with van der Waals surface area (Å²) in [7, 11) is 1.86. The summed E-state index contributed by atoms with van der Waals surface area (Å²) in [6.45, 7) is 0.541. The first kappa shape index (κ1) is 23.0. The Kier molecular flexibility index (Phi) is 8.59. The molecule has 2 amide bonds. The van der Waals surface area contributed by atoms with Crippen LogP contribution in [0.25, 0.3) is 0 Å². The third kappa shape index (κ3) is 5.19. The normalized spacial score (nSPS) is 22.4. The number of amides is 2. The SMILES string of the molecule is CN(C(=O)c1ccc(NC(=O)[C@@H]2CCC[C@@H]2CN)cc1Cl)C1CCCCC1.Cl. The Morgan fingerprint density at radius 3 is 2.50 bits per heavy atom. The fourth-order valence-electron chi connectivity index (χ4n) is 4.49. The van der Waals surface area contributed by atoms with E-state index in [9.17, 15) is 9.59 Å². The molecule has 28 heavy (non-hydrogen) atoms. The van der Waals surface area contributed by atoms with Crippen molar-refractivity contribution < 1.29 is 9.59 Å². The van der Waals surface area contributed by atoms with Crippen molar-refractivity contribution in [1.29, 1.82) is 0 Å². The van der Waals surface area contributed by atoms with E-state index >= 15 is 0 Å². The number of halogens is 2. The smallest absolute Gasteiger partial charge is 0.255 e. The Morgan fingerprint density at radius 2 is 1.86 bits per heavy atom. The highest BCUT2D eigenvalue weighted by molar-refractivity contribution is 6.34. The van der Waals surface area contributed by atoms with Gasteiger partial charge in [-0.1, -0.05) is 37.3 Å². The molecular weight excluding hydrogens is 397 g/mol. The van der Waals surface area contributed by atoms with Crippen LogP contribution in [0.15, 0.2) is 18.2 Å². The average Bonchev–Trinajstić information content (AvgIpc) is 3.17. The highest BCUT2D eigenvalue weighted by atomic mass is 35.5. The molecule has 0 saturated heterocycles. The Labute approximate surface area is 178 Å². The van der Waals surface area contributed by atoms with Crippen molar-refractivity contribution in [2.24, 2.45) is 17.6 Å². The van der Waals surface area contributed by atoms with Gasteiger partial charge in [0.1, 0.15) is 0 Å². The first-order valence-electron chi connectivity index (χ1n) is 10.1. The van der Waals surface area contributed by atoms with E-state index in [1.807, 2.05) is 11.9 Å². The van der Waals surface area contributed by atoms with Gasteiger partial charge in [0.2, 0.25) is 5.91 Å². The van der Waals surface area contributed by atoms with Crippen LogP contribution in [0.5, 0.6) is 0 Å². The molecule has 0 radical (unpaired) electrons. The van der Waals surface area contributed by atoms with E-state index in [-0.39, 0.29) is 42.1 Å². The van der Waals surface area contributed by atoms with E-state index in [2.05, 4.69) is 5.32 Å². The minimum Gasteiger partial charge on any atom is -0.339 e. The molecule has 5 nitrogen and oxygen atoms in total. The van der Waals surface area contributed by atoms with Gasteiger partial charge in [0.05, 0.1) is 10.6 Å². The van der Waals surface area contributed by atoms with Gasteiger partial charge in [-0.3, -0.25) is 9.59 Å². The lowest BCUT2D eigenvalue weighted by Crippen LogP contribution is -2.38. The summed E-state index contributed by atoms with van der Waals surface area (Å²) in [5, 5.41) is 3.32.